The van der Waals surface area contributed by atoms with Gasteiger partial charge in [0.25, 0.3) is 0 Å². The summed E-state index contributed by atoms with van der Waals surface area (Å²) in [5.41, 5.74) is 46.0. The molecular weight excluding hydrogens is 1300 g/mol. The number of allylic oxidation sites excluding steroid dienone is 4. The predicted octanol–water partition coefficient (Wildman–Crippen LogP) is 29.9. The van der Waals surface area contributed by atoms with Gasteiger partial charge in [0.15, 0.2) is 0 Å². The van der Waals surface area contributed by atoms with Crippen LogP contribution in [-0.2, 0) is 27.1 Å². The topological polar surface area (TPSA) is 0 Å². The Labute approximate surface area is 651 Å². The first kappa shape index (κ1) is 73.8. The third-order valence-corrected chi connectivity index (χ3v) is 29.0. The van der Waals surface area contributed by atoms with Gasteiger partial charge < -0.3 is 0 Å². The molecule has 0 saturated heterocycles. The minimum atomic E-state index is 0.112. The number of hydrogen-bond donors (Lipinski definition) is 0. The first-order valence-corrected chi connectivity index (χ1v) is 42.4. The van der Waals surface area contributed by atoms with Crippen LogP contribution in [0.1, 0.15) is 281 Å². The van der Waals surface area contributed by atoms with E-state index in [1.165, 1.54) is 251 Å². The molecule has 0 atom stereocenters. The molecule has 0 bridgehead atoms. The molecule has 0 nitrogen and oxygen atoms in total. The van der Waals surface area contributed by atoms with Crippen LogP contribution in [-0.4, -0.2) is 0 Å². The second kappa shape index (κ2) is 28.5. The highest BCUT2D eigenvalue weighted by atomic mass is 14.6. The molecule has 108 heavy (non-hydrogen) atoms. The molecule has 0 N–H and O–H groups in total. The van der Waals surface area contributed by atoms with Crippen molar-refractivity contribution in [1.29, 1.82) is 0 Å². The molecule has 0 heterocycles. The van der Waals surface area contributed by atoms with Gasteiger partial charge in [-0.2, -0.15) is 0 Å². The van der Waals surface area contributed by atoms with Crippen LogP contribution >= 0.6 is 0 Å². The van der Waals surface area contributed by atoms with Gasteiger partial charge in [-0.05, 0) is 294 Å². The minimum Gasteiger partial charge on any atom is -0.0885 e. The van der Waals surface area contributed by atoms with Crippen molar-refractivity contribution in [3.8, 4) is 55.6 Å². The van der Waals surface area contributed by atoms with Crippen molar-refractivity contribution in [3.63, 3.8) is 0 Å². The first-order valence-electron chi connectivity index (χ1n) is 42.4. The van der Waals surface area contributed by atoms with Crippen LogP contribution < -0.4 is 0 Å². The SMILES string of the molecule is Cc1ccc2c(c1)C1(C=CCCCC1)c1cc(C)ccc1-2.Cc1ccc2c(c1)C1(CC=CCCC1)c1cc(C)ccc1-2.Cc1ccc2c(c1)C1(CCC(C)CC1)c1cc(C)ccc1-2.Cc1ccc2c(c1)C1(CCCCCC1)c1cc(C)ccc1-2.Cc1ccc2c(c1)C1(c3cc(C)ccc3-2)C(C)(C)CCCC1(C)C. The van der Waals surface area contributed by atoms with E-state index in [4.69, 9.17) is 0 Å². The zero-order valence-corrected chi connectivity index (χ0v) is 68.6. The number of benzene rings is 10. The Morgan fingerprint density at radius 1 is 0.241 bits per heavy atom. The molecule has 5 spiro atoms. The highest BCUT2D eigenvalue weighted by molar-refractivity contribution is 5.87. The van der Waals surface area contributed by atoms with Gasteiger partial charge in [-0.1, -0.05) is 335 Å². The third kappa shape index (κ3) is 12.3. The van der Waals surface area contributed by atoms with Crippen LogP contribution in [0.4, 0.5) is 0 Å². The summed E-state index contributed by atoms with van der Waals surface area (Å²) < 4.78 is 0. The molecule has 0 radical (unpaired) electrons. The number of hydrogen-bond acceptors (Lipinski definition) is 0. The molecule has 3 fully saturated rings. The molecular formula is C108H122. The van der Waals surface area contributed by atoms with Gasteiger partial charge in [-0.3, -0.25) is 0 Å². The summed E-state index contributed by atoms with van der Waals surface area (Å²) in [7, 11) is 0. The molecule has 10 aliphatic rings. The Kier molecular flexibility index (Phi) is 19.5. The molecule has 0 aromatic heterocycles. The van der Waals surface area contributed by atoms with Gasteiger partial charge >= 0.3 is 0 Å². The maximum absolute atomic E-state index is 2.51. The maximum atomic E-state index is 2.51. The van der Waals surface area contributed by atoms with E-state index >= 15 is 0 Å². The molecule has 0 aliphatic heterocycles. The maximum Gasteiger partial charge on any atom is 0.0394 e. The molecule has 3 saturated carbocycles. The zero-order valence-electron chi connectivity index (χ0n) is 68.6. The van der Waals surface area contributed by atoms with Crippen molar-refractivity contribution in [3.05, 3.63) is 318 Å². The lowest BCUT2D eigenvalue weighted by Crippen LogP contribution is -2.55. The van der Waals surface area contributed by atoms with E-state index in [9.17, 15) is 0 Å². The van der Waals surface area contributed by atoms with Gasteiger partial charge in [0.2, 0.25) is 0 Å². The lowest BCUT2D eigenvalue weighted by molar-refractivity contribution is 0.00868. The van der Waals surface area contributed by atoms with Crippen LogP contribution in [0.15, 0.2) is 206 Å². The molecule has 0 heteroatoms. The van der Waals surface area contributed by atoms with Crippen LogP contribution in [0.3, 0.4) is 0 Å². The predicted molar refractivity (Wildman–Crippen MR) is 463 cm³/mol. The largest absolute Gasteiger partial charge is 0.0885 e. The van der Waals surface area contributed by atoms with E-state index in [0.29, 0.717) is 10.8 Å². The Balaban J connectivity index is 0.000000103. The second-order valence-corrected chi connectivity index (χ2v) is 37.4. The zero-order chi connectivity index (χ0) is 75.3. The number of fused-ring (bicyclic) bond motifs is 25. The highest BCUT2D eigenvalue weighted by Gasteiger charge is 2.62. The van der Waals surface area contributed by atoms with Crippen molar-refractivity contribution in [2.45, 2.75) is 266 Å². The molecule has 0 amide bonds. The monoisotopic (exact) mass is 1420 g/mol. The Morgan fingerprint density at radius 2 is 0.519 bits per heavy atom. The normalized spacial score (nSPS) is 19.6. The van der Waals surface area contributed by atoms with Crippen LogP contribution in [0.2, 0.25) is 0 Å². The van der Waals surface area contributed by atoms with Gasteiger partial charge in [0.1, 0.15) is 0 Å². The Hall–Kier alpha value is -8.32. The standard InChI is InChI=1S/C24H30.2C21H24.2C21H22/c1-16-8-10-18-19-11-9-17(2)15-21(19)24(20(18)14-16)22(3,4)12-7-13-23(24,5)6;1-14-8-10-21(11-9-14)19-12-15(2)4-6-17(19)18-7-5-16(3)13-20(18)21;3*1-15-7-9-17-18-10-8-16(2)14-20(18)21(19(17)13-15)11-5-3-4-6-12-21/h8-11,14-15H,7,12-13H2,1-6H3;4-7,12-14H,8-11H2,1-3H3;7-10,13-14H,3-6,11-12H2,1-2H3;5,7-11,13-14H,3-4,6,12H2,1-2H3;3,5,7-10,13-14H,4,6,11-12H2,1-2H3. The van der Waals surface area contributed by atoms with Crippen molar-refractivity contribution in [1.82, 2.24) is 0 Å². The van der Waals surface area contributed by atoms with Crippen molar-refractivity contribution >= 4 is 0 Å². The fourth-order valence-electron chi connectivity index (χ4n) is 23.8. The average Bonchev–Trinajstić information content (AvgIpc) is 1.46. The van der Waals surface area contributed by atoms with Crippen LogP contribution in [0, 0.1) is 86.0 Å². The van der Waals surface area contributed by atoms with E-state index in [-0.39, 0.29) is 27.1 Å². The molecule has 554 valence electrons. The molecule has 10 aromatic rings. The Morgan fingerprint density at radius 3 is 0.880 bits per heavy atom. The lowest BCUT2D eigenvalue weighted by Gasteiger charge is -2.59. The van der Waals surface area contributed by atoms with Gasteiger partial charge in [-0.25, -0.2) is 0 Å². The number of rotatable bonds is 0. The van der Waals surface area contributed by atoms with E-state index in [1.807, 2.05) is 0 Å². The quantitative estimate of drug-likeness (QED) is 0.133. The van der Waals surface area contributed by atoms with Crippen molar-refractivity contribution < 1.29 is 0 Å². The molecule has 10 aliphatic carbocycles. The summed E-state index contributed by atoms with van der Waals surface area (Å²) in [6.07, 6.45) is 37.3. The average molecular weight is 1420 g/mol. The summed E-state index contributed by atoms with van der Waals surface area (Å²) in [6, 6.07) is 70.7. The lowest BCUT2D eigenvalue weighted by atomic mass is 9.44. The van der Waals surface area contributed by atoms with Crippen LogP contribution in [0.25, 0.3) is 55.6 Å². The fourth-order valence-corrected chi connectivity index (χ4v) is 23.8. The summed E-state index contributed by atoms with van der Waals surface area (Å²) >= 11 is 0. The number of aryl methyl sites for hydroxylation is 10. The van der Waals surface area contributed by atoms with E-state index in [2.05, 4.69) is 310 Å². The van der Waals surface area contributed by atoms with Gasteiger partial charge in [0, 0.05) is 27.1 Å². The summed E-state index contributed by atoms with van der Waals surface area (Å²) in [5, 5.41) is 0. The van der Waals surface area contributed by atoms with E-state index < -0.39 is 0 Å². The summed E-state index contributed by atoms with van der Waals surface area (Å²) in [6.45, 7) is 34.7. The van der Waals surface area contributed by atoms with E-state index in [0.717, 1.165) is 12.3 Å². The Bertz CT molecular complexity index is 4890. The molecule has 10 aromatic carbocycles. The van der Waals surface area contributed by atoms with Gasteiger partial charge in [-0.15, -0.1) is 0 Å². The molecule has 20 rings (SSSR count). The van der Waals surface area contributed by atoms with Crippen molar-refractivity contribution in [2.24, 2.45) is 16.7 Å². The highest BCUT2D eigenvalue weighted by Crippen LogP contribution is 2.70. The first-order chi connectivity index (χ1) is 51.9. The third-order valence-electron chi connectivity index (χ3n) is 29.0. The van der Waals surface area contributed by atoms with E-state index in [1.54, 1.807) is 44.5 Å². The van der Waals surface area contributed by atoms with Crippen molar-refractivity contribution in [2.75, 3.05) is 0 Å². The minimum absolute atomic E-state index is 0.112. The smallest absolute Gasteiger partial charge is 0.0394 e. The second-order valence-electron chi connectivity index (χ2n) is 37.4. The van der Waals surface area contributed by atoms with Gasteiger partial charge in [0.05, 0.1) is 0 Å². The summed E-state index contributed by atoms with van der Waals surface area (Å²) in [5.74, 6) is 0.887. The van der Waals surface area contributed by atoms with Crippen LogP contribution in [0.5, 0.6) is 0 Å². The summed E-state index contributed by atoms with van der Waals surface area (Å²) in [4.78, 5) is 0. The fraction of sp³-hybridized carbons (Fsp3) is 0.407. The molecule has 0 unspecified atom stereocenters.